The zero-order valence-electron chi connectivity index (χ0n) is 13.5. The first-order valence-electron chi connectivity index (χ1n) is 7.48. The van der Waals surface area contributed by atoms with Crippen molar-refractivity contribution in [2.24, 2.45) is 10.7 Å². The predicted molar refractivity (Wildman–Crippen MR) is 107 cm³/mol. The summed E-state index contributed by atoms with van der Waals surface area (Å²) in [6.45, 7) is 0. The molecule has 138 valence electrons. The number of phenols is 1. The lowest BCUT2D eigenvalue weighted by Gasteiger charge is -2.05. The van der Waals surface area contributed by atoms with E-state index < -0.39 is 5.91 Å². The number of aliphatic imine (C=N–C) groups is 1. The second-order valence-electron chi connectivity index (χ2n) is 5.38. The Morgan fingerprint density at radius 2 is 2.00 bits per heavy atom. The molecule has 0 saturated heterocycles. The summed E-state index contributed by atoms with van der Waals surface area (Å²) in [6, 6.07) is 9.66. The lowest BCUT2D eigenvalue weighted by Crippen LogP contribution is -2.12. The molecule has 0 atom stereocenters. The number of aromatic amines is 1. The average molecular weight is 425 g/mol. The molecule has 1 aromatic heterocycles. The van der Waals surface area contributed by atoms with E-state index in [2.05, 4.69) is 20.5 Å². The van der Waals surface area contributed by atoms with Gasteiger partial charge < -0.3 is 16.2 Å². The molecule has 0 bridgehead atoms. The Bertz CT molecular complexity index is 1030. The smallest absolute Gasteiger partial charge is 0.256 e. The number of benzene rings is 2. The van der Waals surface area contributed by atoms with E-state index in [9.17, 15) is 9.90 Å². The number of hydrogen-bond acceptors (Lipinski definition) is 5. The number of nitrogens with one attached hydrogen (secondary N) is 2. The van der Waals surface area contributed by atoms with E-state index in [1.807, 2.05) is 0 Å². The molecule has 0 saturated carbocycles. The van der Waals surface area contributed by atoms with Crippen LogP contribution in [0.25, 0.3) is 0 Å². The Morgan fingerprint density at radius 1 is 1.22 bits per heavy atom. The number of rotatable bonds is 5. The number of amides is 1. The van der Waals surface area contributed by atoms with Gasteiger partial charge in [-0.05, 0) is 30.3 Å². The van der Waals surface area contributed by atoms with Crippen LogP contribution in [0.3, 0.4) is 0 Å². The van der Waals surface area contributed by atoms with E-state index in [0.717, 1.165) is 0 Å². The van der Waals surface area contributed by atoms with Crippen LogP contribution in [-0.2, 0) is 0 Å². The summed E-state index contributed by atoms with van der Waals surface area (Å²) in [5.41, 5.74) is 6.35. The molecule has 2 aromatic carbocycles. The van der Waals surface area contributed by atoms with Crippen molar-refractivity contribution in [2.45, 2.75) is 0 Å². The second-order valence-corrected chi connectivity index (χ2v) is 6.66. The number of primary amides is 1. The molecule has 3 rings (SSSR count). The van der Waals surface area contributed by atoms with Gasteiger partial charge in [-0.25, -0.2) is 4.99 Å². The Balaban J connectivity index is 1.95. The maximum absolute atomic E-state index is 11.9. The Labute approximate surface area is 168 Å². The van der Waals surface area contributed by atoms with E-state index in [4.69, 9.17) is 40.5 Å². The zero-order chi connectivity index (χ0) is 19.6. The molecule has 7 nitrogen and oxygen atoms in total. The van der Waals surface area contributed by atoms with Crippen LogP contribution in [0.2, 0.25) is 15.1 Å². The third-order valence-electron chi connectivity index (χ3n) is 3.48. The highest BCUT2D eigenvalue weighted by atomic mass is 35.5. The molecule has 5 N–H and O–H groups in total. The number of carbonyl (C=O) groups is 1. The highest BCUT2D eigenvalue weighted by molar-refractivity contribution is 6.36. The number of halogens is 3. The van der Waals surface area contributed by atoms with Crippen LogP contribution < -0.4 is 11.1 Å². The molecule has 0 unspecified atom stereocenters. The number of aromatic nitrogens is 2. The van der Waals surface area contributed by atoms with E-state index >= 15 is 0 Å². The van der Waals surface area contributed by atoms with E-state index in [1.165, 1.54) is 18.3 Å². The van der Waals surface area contributed by atoms with Gasteiger partial charge in [0.25, 0.3) is 5.91 Å². The van der Waals surface area contributed by atoms with Crippen molar-refractivity contribution < 1.29 is 9.90 Å². The minimum Gasteiger partial charge on any atom is -0.507 e. The fraction of sp³-hybridized carbons (Fsp3) is 0. The minimum absolute atomic E-state index is 0.0254. The van der Waals surface area contributed by atoms with E-state index in [1.54, 1.807) is 24.3 Å². The maximum Gasteiger partial charge on any atom is 0.256 e. The van der Waals surface area contributed by atoms with Crippen LogP contribution in [0.1, 0.15) is 15.9 Å². The van der Waals surface area contributed by atoms with Gasteiger partial charge in [-0.2, -0.15) is 5.10 Å². The quantitative estimate of drug-likeness (QED) is 0.445. The fourth-order valence-electron chi connectivity index (χ4n) is 2.28. The van der Waals surface area contributed by atoms with Crippen LogP contribution in [0.15, 0.2) is 41.4 Å². The molecule has 10 heteroatoms. The van der Waals surface area contributed by atoms with Crippen LogP contribution in [-0.4, -0.2) is 27.4 Å². The molecule has 0 aliphatic carbocycles. The van der Waals surface area contributed by atoms with Gasteiger partial charge in [0.2, 0.25) is 0 Å². The Kier molecular flexibility index (Phi) is 5.55. The highest BCUT2D eigenvalue weighted by Gasteiger charge is 2.18. The number of aromatic hydroxyl groups is 1. The van der Waals surface area contributed by atoms with Gasteiger partial charge >= 0.3 is 0 Å². The van der Waals surface area contributed by atoms with Gasteiger partial charge in [0.05, 0.1) is 10.6 Å². The predicted octanol–water partition coefficient (Wildman–Crippen LogP) is 4.67. The number of phenolic OH excluding ortho intramolecular Hbond substituents is 1. The molecule has 0 aliphatic heterocycles. The molecule has 0 spiro atoms. The number of hydrogen-bond donors (Lipinski definition) is 4. The first-order chi connectivity index (χ1) is 12.8. The summed E-state index contributed by atoms with van der Waals surface area (Å²) < 4.78 is 0. The lowest BCUT2D eigenvalue weighted by molar-refractivity contribution is 0.100. The van der Waals surface area contributed by atoms with Crippen LogP contribution in [0, 0.1) is 0 Å². The molecule has 0 radical (unpaired) electrons. The van der Waals surface area contributed by atoms with Crippen molar-refractivity contribution in [2.75, 3.05) is 5.32 Å². The summed E-state index contributed by atoms with van der Waals surface area (Å²) in [4.78, 5) is 16.0. The van der Waals surface area contributed by atoms with Crippen LogP contribution in [0.5, 0.6) is 5.75 Å². The first-order valence-corrected chi connectivity index (χ1v) is 8.61. The number of anilines is 2. The molecule has 3 aromatic rings. The monoisotopic (exact) mass is 423 g/mol. The van der Waals surface area contributed by atoms with Crippen molar-refractivity contribution >= 4 is 64.2 Å². The Morgan fingerprint density at radius 3 is 2.67 bits per heavy atom. The third kappa shape index (κ3) is 4.33. The topological polar surface area (TPSA) is 116 Å². The number of H-pyrrole nitrogens is 1. The molecule has 1 heterocycles. The maximum atomic E-state index is 11.9. The lowest BCUT2D eigenvalue weighted by atomic mass is 10.2. The summed E-state index contributed by atoms with van der Waals surface area (Å²) in [7, 11) is 0. The summed E-state index contributed by atoms with van der Waals surface area (Å²) in [5, 5.41) is 20.6. The number of nitrogens with two attached hydrogens (primary N) is 1. The fourth-order valence-corrected chi connectivity index (χ4v) is 3.01. The van der Waals surface area contributed by atoms with Gasteiger partial charge in [-0.3, -0.25) is 9.89 Å². The molecule has 0 aliphatic rings. The number of nitrogens with zero attached hydrogens (tertiary/aromatic N) is 2. The summed E-state index contributed by atoms with van der Waals surface area (Å²) in [5.74, 6) is -0.627. The minimum atomic E-state index is -0.744. The van der Waals surface area contributed by atoms with Gasteiger partial charge in [0, 0.05) is 21.9 Å². The molecule has 27 heavy (non-hydrogen) atoms. The highest BCUT2D eigenvalue weighted by Crippen LogP contribution is 2.31. The molecule has 1 amide bonds. The summed E-state index contributed by atoms with van der Waals surface area (Å²) >= 11 is 17.8. The average Bonchev–Trinajstić information content (AvgIpc) is 2.96. The van der Waals surface area contributed by atoms with E-state index in [-0.39, 0.29) is 38.6 Å². The normalized spacial score (nSPS) is 11.1. The second kappa shape index (κ2) is 7.87. The van der Waals surface area contributed by atoms with Gasteiger partial charge in [-0.15, -0.1) is 0 Å². The number of carbonyl (C=O) groups excluding carboxylic acids is 1. The van der Waals surface area contributed by atoms with Crippen LogP contribution in [0.4, 0.5) is 17.3 Å². The summed E-state index contributed by atoms with van der Waals surface area (Å²) in [6.07, 6.45) is 1.26. The van der Waals surface area contributed by atoms with Gasteiger partial charge in [0.1, 0.15) is 17.1 Å². The van der Waals surface area contributed by atoms with E-state index in [0.29, 0.717) is 10.7 Å². The van der Waals surface area contributed by atoms with Crippen molar-refractivity contribution in [3.05, 3.63) is 62.6 Å². The van der Waals surface area contributed by atoms with Gasteiger partial charge in [-0.1, -0.05) is 40.9 Å². The molecular weight excluding hydrogens is 413 g/mol. The molecule has 0 fully saturated rings. The largest absolute Gasteiger partial charge is 0.507 e. The third-order valence-corrected chi connectivity index (χ3v) is 4.24. The van der Waals surface area contributed by atoms with Crippen molar-refractivity contribution in [1.29, 1.82) is 0 Å². The van der Waals surface area contributed by atoms with Crippen LogP contribution >= 0.6 is 34.8 Å². The van der Waals surface area contributed by atoms with Crippen molar-refractivity contribution in [3.8, 4) is 5.75 Å². The zero-order valence-corrected chi connectivity index (χ0v) is 15.8. The standard InChI is InChI=1S/C17H12Cl3N5O2/c18-8-2-1-3-10(4-8)23-17-14(15(21)27)16(24-25-17)22-7-11-12(20)5-9(19)6-13(11)26/h1-7,26H,(H2,21,27)(H2,23,24,25). The van der Waals surface area contributed by atoms with Crippen molar-refractivity contribution in [1.82, 2.24) is 10.2 Å². The molecular formula is C17H12Cl3N5O2. The Hall–Kier alpha value is -2.74. The SMILES string of the molecule is NC(=O)c1c(N=Cc2c(O)cc(Cl)cc2Cl)n[nH]c1Nc1cccc(Cl)c1. The van der Waals surface area contributed by atoms with Gasteiger partial charge in [0.15, 0.2) is 5.82 Å². The first kappa shape index (κ1) is 19.0. The van der Waals surface area contributed by atoms with Crippen molar-refractivity contribution in [3.63, 3.8) is 0 Å².